The number of nitrogens with one attached hydrogen (secondary N) is 1. The Morgan fingerprint density at radius 2 is 2.16 bits per heavy atom. The fourth-order valence-electron chi connectivity index (χ4n) is 2.06. The van der Waals surface area contributed by atoms with E-state index in [-0.39, 0.29) is 11.5 Å². The van der Waals surface area contributed by atoms with Gasteiger partial charge < -0.3 is 4.57 Å². The van der Waals surface area contributed by atoms with Gasteiger partial charge in [0.1, 0.15) is 5.52 Å². The number of rotatable bonds is 2. The molecule has 0 saturated carbocycles. The molecule has 0 fully saturated rings. The Hall–Kier alpha value is -2.57. The average molecular weight is 257 g/mol. The SMILES string of the molecule is CCCn1c2nc(=O)[nH]c(=O)c-2nc2cccnc21. The molecule has 1 N–H and O–H groups in total. The summed E-state index contributed by atoms with van der Waals surface area (Å²) in [6.07, 6.45) is 2.48. The monoisotopic (exact) mass is 257 g/mol. The van der Waals surface area contributed by atoms with E-state index in [1.807, 2.05) is 6.92 Å². The van der Waals surface area contributed by atoms with Crippen LogP contribution in [-0.4, -0.2) is 24.5 Å². The largest absolute Gasteiger partial charge is 0.349 e. The quantitative estimate of drug-likeness (QED) is 0.670. The molecule has 7 nitrogen and oxygen atoms in total. The van der Waals surface area contributed by atoms with Gasteiger partial charge in [-0.25, -0.2) is 14.8 Å². The molecule has 0 atom stereocenters. The molecule has 3 heterocycles. The molecule has 2 aliphatic rings. The molecule has 0 aliphatic carbocycles. The summed E-state index contributed by atoms with van der Waals surface area (Å²) < 4.78 is 1.76. The summed E-state index contributed by atoms with van der Waals surface area (Å²) >= 11 is 0. The van der Waals surface area contributed by atoms with E-state index in [1.54, 1.807) is 22.9 Å². The summed E-state index contributed by atoms with van der Waals surface area (Å²) in [4.78, 5) is 37.6. The first-order valence-electron chi connectivity index (χ1n) is 5.96. The molecule has 0 bridgehead atoms. The minimum absolute atomic E-state index is 0.161. The van der Waals surface area contributed by atoms with Crippen LogP contribution in [0.5, 0.6) is 0 Å². The van der Waals surface area contributed by atoms with E-state index < -0.39 is 11.2 Å². The number of aromatic nitrogens is 5. The van der Waals surface area contributed by atoms with Crippen LogP contribution < -0.4 is 11.2 Å². The highest BCUT2D eigenvalue weighted by Crippen LogP contribution is 2.18. The minimum Gasteiger partial charge on any atom is -0.307 e. The van der Waals surface area contributed by atoms with Crippen LogP contribution >= 0.6 is 0 Å². The molecule has 0 spiro atoms. The average Bonchev–Trinajstić information content (AvgIpc) is 2.40. The Morgan fingerprint density at radius 3 is 2.95 bits per heavy atom. The van der Waals surface area contributed by atoms with E-state index in [0.717, 1.165) is 6.42 Å². The second-order valence-electron chi connectivity index (χ2n) is 4.15. The summed E-state index contributed by atoms with van der Waals surface area (Å²) in [6, 6.07) is 3.53. The van der Waals surface area contributed by atoms with Gasteiger partial charge in [0, 0.05) is 12.7 Å². The molecule has 0 saturated heterocycles. The highest BCUT2D eigenvalue weighted by molar-refractivity contribution is 5.75. The van der Waals surface area contributed by atoms with E-state index in [4.69, 9.17) is 0 Å². The highest BCUT2D eigenvalue weighted by atomic mass is 16.2. The van der Waals surface area contributed by atoms with Crippen LogP contribution in [0.25, 0.3) is 22.7 Å². The molecule has 0 radical (unpaired) electrons. The molecule has 3 rings (SSSR count). The Labute approximate surface area is 107 Å². The molecule has 19 heavy (non-hydrogen) atoms. The molecule has 0 unspecified atom stereocenters. The number of H-pyrrole nitrogens is 1. The standard InChI is InChI=1S/C12H11N5O2/c1-2-6-17-9-7(4-3-5-13-9)14-8-10(17)15-12(19)16-11(8)18/h3-5H,2,6H2,1H3,(H,16,18,19). The van der Waals surface area contributed by atoms with Crippen molar-refractivity contribution in [3.05, 3.63) is 39.2 Å². The van der Waals surface area contributed by atoms with E-state index >= 15 is 0 Å². The van der Waals surface area contributed by atoms with Gasteiger partial charge in [-0.05, 0) is 18.6 Å². The fraction of sp³-hybridized carbons (Fsp3) is 0.250. The molecular formula is C12H11N5O2. The van der Waals surface area contributed by atoms with E-state index in [0.29, 0.717) is 17.7 Å². The minimum atomic E-state index is -0.667. The highest BCUT2D eigenvalue weighted by Gasteiger charge is 2.18. The molecule has 96 valence electrons. The predicted molar refractivity (Wildman–Crippen MR) is 69.1 cm³/mol. The Balaban J connectivity index is 2.54. The Kier molecular flexibility index (Phi) is 2.59. The summed E-state index contributed by atoms with van der Waals surface area (Å²) in [5.74, 6) is 0.279. The third-order valence-corrected chi connectivity index (χ3v) is 2.81. The number of pyridine rings is 1. The van der Waals surface area contributed by atoms with E-state index in [2.05, 4.69) is 19.9 Å². The lowest BCUT2D eigenvalue weighted by Gasteiger charge is -2.14. The van der Waals surface area contributed by atoms with Gasteiger partial charge >= 0.3 is 5.69 Å². The van der Waals surface area contributed by atoms with Crippen LogP contribution in [-0.2, 0) is 6.54 Å². The topological polar surface area (TPSA) is 93.5 Å². The summed E-state index contributed by atoms with van der Waals surface area (Å²) in [7, 11) is 0. The van der Waals surface area contributed by atoms with Crippen LogP contribution in [0.2, 0.25) is 0 Å². The van der Waals surface area contributed by atoms with Gasteiger partial charge in [-0.1, -0.05) is 6.92 Å². The van der Waals surface area contributed by atoms with Crippen molar-refractivity contribution in [2.45, 2.75) is 19.9 Å². The van der Waals surface area contributed by atoms with Crippen LogP contribution in [0.15, 0.2) is 27.9 Å². The second-order valence-corrected chi connectivity index (χ2v) is 4.15. The number of fused-ring (bicyclic) bond motifs is 2. The van der Waals surface area contributed by atoms with Gasteiger partial charge in [0.2, 0.25) is 0 Å². The van der Waals surface area contributed by atoms with Gasteiger partial charge in [-0.15, -0.1) is 0 Å². The van der Waals surface area contributed by atoms with Crippen molar-refractivity contribution in [2.24, 2.45) is 0 Å². The number of hydrogen-bond donors (Lipinski definition) is 1. The maximum Gasteiger partial charge on any atom is 0.349 e. The van der Waals surface area contributed by atoms with Gasteiger partial charge in [0.15, 0.2) is 17.2 Å². The van der Waals surface area contributed by atoms with Crippen LogP contribution in [0, 0.1) is 0 Å². The molecular weight excluding hydrogens is 246 g/mol. The first-order valence-corrected chi connectivity index (χ1v) is 5.96. The van der Waals surface area contributed by atoms with Crippen molar-refractivity contribution in [3.8, 4) is 11.5 Å². The van der Waals surface area contributed by atoms with Crippen LogP contribution in [0.3, 0.4) is 0 Å². The maximum atomic E-state index is 11.8. The Morgan fingerprint density at radius 1 is 1.32 bits per heavy atom. The third kappa shape index (κ3) is 1.79. The summed E-state index contributed by atoms with van der Waals surface area (Å²) in [5, 5.41) is 0. The van der Waals surface area contributed by atoms with Crippen molar-refractivity contribution < 1.29 is 0 Å². The van der Waals surface area contributed by atoms with Gasteiger partial charge in [0.25, 0.3) is 5.56 Å². The first kappa shape index (κ1) is 11.5. The van der Waals surface area contributed by atoms with Gasteiger partial charge in [-0.2, -0.15) is 4.98 Å². The predicted octanol–water partition coefficient (Wildman–Crippen LogP) is 0.390. The first-order chi connectivity index (χ1) is 9.20. The van der Waals surface area contributed by atoms with Gasteiger partial charge in [0.05, 0.1) is 0 Å². The van der Waals surface area contributed by atoms with E-state index in [1.165, 1.54) is 0 Å². The third-order valence-electron chi connectivity index (χ3n) is 2.81. The zero-order valence-corrected chi connectivity index (χ0v) is 10.3. The lowest BCUT2D eigenvalue weighted by atomic mass is 10.3. The summed E-state index contributed by atoms with van der Waals surface area (Å²) in [5.41, 5.74) is 0.197. The van der Waals surface area contributed by atoms with Crippen molar-refractivity contribution in [1.82, 2.24) is 24.5 Å². The number of aromatic amines is 1. The molecule has 0 amide bonds. The molecule has 7 heteroatoms. The summed E-state index contributed by atoms with van der Waals surface area (Å²) in [6.45, 7) is 2.61. The Bertz CT molecular complexity index is 836. The molecule has 2 aliphatic heterocycles. The fourth-order valence-corrected chi connectivity index (χ4v) is 2.06. The van der Waals surface area contributed by atoms with Crippen LogP contribution in [0.4, 0.5) is 0 Å². The second kappa shape index (κ2) is 4.27. The lowest BCUT2D eigenvalue weighted by Crippen LogP contribution is -2.29. The molecule has 1 aromatic heterocycles. The zero-order chi connectivity index (χ0) is 13.4. The lowest BCUT2D eigenvalue weighted by molar-refractivity contribution is 0.678. The smallest absolute Gasteiger partial charge is 0.307 e. The van der Waals surface area contributed by atoms with Crippen molar-refractivity contribution in [1.29, 1.82) is 0 Å². The van der Waals surface area contributed by atoms with Crippen molar-refractivity contribution in [2.75, 3.05) is 0 Å². The number of aryl methyl sites for hydroxylation is 1. The van der Waals surface area contributed by atoms with Crippen LogP contribution in [0.1, 0.15) is 13.3 Å². The van der Waals surface area contributed by atoms with Crippen molar-refractivity contribution >= 4 is 11.2 Å². The van der Waals surface area contributed by atoms with E-state index in [9.17, 15) is 9.59 Å². The zero-order valence-electron chi connectivity index (χ0n) is 10.3. The number of hydrogen-bond acceptors (Lipinski definition) is 5. The van der Waals surface area contributed by atoms with Gasteiger partial charge in [-0.3, -0.25) is 9.78 Å². The normalized spacial score (nSPS) is 11.2. The maximum absolute atomic E-state index is 11.8. The van der Waals surface area contributed by atoms with Crippen molar-refractivity contribution in [3.63, 3.8) is 0 Å². The number of nitrogens with zero attached hydrogens (tertiary/aromatic N) is 4. The molecule has 1 aromatic rings. The molecule has 0 aromatic carbocycles.